The number of hydrogen-bond donors (Lipinski definition) is 1. The molecule has 0 aliphatic rings. The van der Waals surface area contributed by atoms with Crippen molar-refractivity contribution in [1.82, 2.24) is 5.27 Å². The van der Waals surface area contributed by atoms with E-state index in [9.17, 15) is 9.90 Å². The summed E-state index contributed by atoms with van der Waals surface area (Å²) in [6.45, 7) is 1.90. The smallest absolute Gasteiger partial charge is 0.435 e. The van der Waals surface area contributed by atoms with Gasteiger partial charge in [-0.05, 0) is 29.9 Å². The number of rotatable bonds is 2. The molecule has 0 fully saturated rings. The van der Waals surface area contributed by atoms with Crippen LogP contribution in [0.25, 0.3) is 0 Å². The Bertz CT molecular complexity index is 625. The normalized spacial score (nSPS) is 11.8. The number of aromatic amines is 1. The average molecular weight is 233 g/mol. The van der Waals surface area contributed by atoms with Crippen molar-refractivity contribution in [1.29, 1.82) is 0 Å². The molecular formula is C11H11N3O3. The van der Waals surface area contributed by atoms with Gasteiger partial charge in [0.15, 0.2) is 7.05 Å². The van der Waals surface area contributed by atoms with Gasteiger partial charge in [-0.15, -0.1) is 0 Å². The van der Waals surface area contributed by atoms with E-state index in [0.29, 0.717) is 5.69 Å². The molecule has 0 saturated heterocycles. The van der Waals surface area contributed by atoms with E-state index < -0.39 is 11.5 Å². The lowest BCUT2D eigenvalue weighted by Crippen LogP contribution is -2.43. The number of aromatic nitrogens is 2. The van der Waals surface area contributed by atoms with Crippen LogP contribution in [0.3, 0.4) is 0 Å². The molecule has 0 spiro atoms. The molecule has 1 aromatic carbocycles. The predicted octanol–water partition coefficient (Wildman–Crippen LogP) is -0.461. The Labute approximate surface area is 96.8 Å². The molecule has 6 nitrogen and oxygen atoms in total. The Hall–Kier alpha value is -2.37. The van der Waals surface area contributed by atoms with E-state index in [4.69, 9.17) is 0 Å². The van der Waals surface area contributed by atoms with E-state index in [1.54, 1.807) is 18.2 Å². The Kier molecular flexibility index (Phi) is 2.78. The summed E-state index contributed by atoms with van der Waals surface area (Å²) < 4.78 is 5.68. The van der Waals surface area contributed by atoms with E-state index in [1.807, 2.05) is 13.0 Å². The highest BCUT2D eigenvalue weighted by atomic mass is 16.5. The van der Waals surface area contributed by atoms with Gasteiger partial charge in [0.1, 0.15) is 0 Å². The SMILES string of the molecule is Cc1cccc(N=C([O-])c2c(=O)o[nH][n+]2C)c1. The lowest BCUT2D eigenvalue weighted by Gasteiger charge is -2.03. The molecule has 0 aliphatic heterocycles. The van der Waals surface area contributed by atoms with Gasteiger partial charge < -0.3 is 5.11 Å². The molecule has 0 radical (unpaired) electrons. The van der Waals surface area contributed by atoms with Crippen molar-refractivity contribution in [3.63, 3.8) is 0 Å². The number of aliphatic imine (C=N–C) groups is 1. The van der Waals surface area contributed by atoms with Gasteiger partial charge in [0.05, 0.1) is 11.6 Å². The molecule has 0 saturated carbocycles. The third-order valence-corrected chi connectivity index (χ3v) is 2.24. The minimum absolute atomic E-state index is 0.133. The minimum Gasteiger partial charge on any atom is -0.854 e. The first-order valence-electron chi connectivity index (χ1n) is 4.98. The summed E-state index contributed by atoms with van der Waals surface area (Å²) in [7, 11) is 1.50. The molecular weight excluding hydrogens is 222 g/mol. The molecule has 0 aliphatic carbocycles. The average Bonchev–Trinajstić information content (AvgIpc) is 2.58. The van der Waals surface area contributed by atoms with Gasteiger partial charge in [0.25, 0.3) is 0 Å². The van der Waals surface area contributed by atoms with E-state index in [2.05, 4.69) is 14.8 Å². The molecule has 0 bridgehead atoms. The Morgan fingerprint density at radius 1 is 1.53 bits per heavy atom. The van der Waals surface area contributed by atoms with Crippen molar-refractivity contribution in [2.24, 2.45) is 12.0 Å². The topological polar surface area (TPSA) is 85.3 Å². The summed E-state index contributed by atoms with van der Waals surface area (Å²) in [6.07, 6.45) is 0. The number of nitrogens with zero attached hydrogens (tertiary/aromatic N) is 2. The molecule has 17 heavy (non-hydrogen) atoms. The van der Waals surface area contributed by atoms with Gasteiger partial charge in [0.2, 0.25) is 0 Å². The first kappa shape index (κ1) is 11.1. The minimum atomic E-state index is -0.728. The fraction of sp³-hybridized carbons (Fsp3) is 0.182. The second-order valence-electron chi connectivity index (χ2n) is 3.64. The molecule has 88 valence electrons. The predicted molar refractivity (Wildman–Crippen MR) is 57.9 cm³/mol. The van der Waals surface area contributed by atoms with Gasteiger partial charge in [-0.25, -0.2) is 4.79 Å². The van der Waals surface area contributed by atoms with Crippen LogP contribution in [0.2, 0.25) is 0 Å². The quantitative estimate of drug-likeness (QED) is 0.432. The summed E-state index contributed by atoms with van der Waals surface area (Å²) in [5.74, 6) is -0.631. The maximum Gasteiger partial charge on any atom is 0.435 e. The largest absolute Gasteiger partial charge is 0.854 e. The maximum atomic E-state index is 11.8. The Morgan fingerprint density at radius 2 is 2.29 bits per heavy atom. The van der Waals surface area contributed by atoms with E-state index in [0.717, 1.165) is 5.56 Å². The van der Waals surface area contributed by atoms with Crippen LogP contribution in [-0.2, 0) is 7.05 Å². The summed E-state index contributed by atoms with van der Waals surface area (Å²) in [4.78, 5) is 15.1. The van der Waals surface area contributed by atoms with Gasteiger partial charge in [-0.2, -0.15) is 0 Å². The highest BCUT2D eigenvalue weighted by Crippen LogP contribution is 2.13. The first-order valence-corrected chi connectivity index (χ1v) is 4.98. The number of nitrogens with one attached hydrogen (secondary N) is 1. The Morgan fingerprint density at radius 3 is 2.88 bits per heavy atom. The van der Waals surface area contributed by atoms with Crippen molar-refractivity contribution in [2.75, 3.05) is 0 Å². The van der Waals surface area contributed by atoms with Crippen molar-refractivity contribution in [3.05, 3.63) is 45.9 Å². The zero-order valence-corrected chi connectivity index (χ0v) is 9.43. The van der Waals surface area contributed by atoms with Gasteiger partial charge in [0, 0.05) is 0 Å². The van der Waals surface area contributed by atoms with Gasteiger partial charge in [-0.1, -0.05) is 16.8 Å². The zero-order chi connectivity index (χ0) is 12.4. The van der Waals surface area contributed by atoms with Crippen LogP contribution in [-0.4, -0.2) is 11.2 Å². The molecule has 1 N–H and O–H groups in total. The van der Waals surface area contributed by atoms with Crippen molar-refractivity contribution in [2.45, 2.75) is 6.92 Å². The summed E-state index contributed by atoms with van der Waals surface area (Å²) >= 11 is 0. The monoisotopic (exact) mass is 233 g/mol. The van der Waals surface area contributed by atoms with Crippen LogP contribution in [0.1, 0.15) is 11.3 Å². The summed E-state index contributed by atoms with van der Waals surface area (Å²) in [5, 5.41) is 14.0. The van der Waals surface area contributed by atoms with Crippen molar-refractivity contribution < 1.29 is 14.3 Å². The molecule has 0 unspecified atom stereocenters. The molecule has 2 aromatic rings. The third kappa shape index (κ3) is 2.25. The van der Waals surface area contributed by atoms with Crippen molar-refractivity contribution in [3.8, 4) is 0 Å². The molecule has 1 aromatic heterocycles. The summed E-state index contributed by atoms with van der Waals surface area (Å²) in [5.41, 5.74) is 0.639. The van der Waals surface area contributed by atoms with Crippen LogP contribution < -0.4 is 15.4 Å². The fourth-order valence-corrected chi connectivity index (χ4v) is 1.44. The highest BCUT2D eigenvalue weighted by Gasteiger charge is 2.17. The van der Waals surface area contributed by atoms with E-state index >= 15 is 0 Å². The lowest BCUT2D eigenvalue weighted by atomic mass is 10.2. The third-order valence-electron chi connectivity index (χ3n) is 2.24. The van der Waals surface area contributed by atoms with Crippen molar-refractivity contribution >= 4 is 11.6 Å². The number of H-pyrrole nitrogens is 1. The van der Waals surface area contributed by atoms with Crippen LogP contribution >= 0.6 is 0 Å². The standard InChI is InChI=1S/C11H11N3O3/c1-7-4-3-5-8(6-7)12-10(15)9-11(16)17-13-14(9)2/h3-6H,1-2H3,(H-,12,13,15,16). The zero-order valence-electron chi connectivity index (χ0n) is 9.43. The number of benzene rings is 1. The van der Waals surface area contributed by atoms with Crippen LogP contribution in [0.4, 0.5) is 5.69 Å². The summed E-state index contributed by atoms with van der Waals surface area (Å²) in [6, 6.07) is 7.14. The van der Waals surface area contributed by atoms with E-state index in [1.165, 1.54) is 11.7 Å². The van der Waals surface area contributed by atoms with Crippen LogP contribution in [0.5, 0.6) is 0 Å². The Balaban J connectivity index is 2.45. The lowest BCUT2D eigenvalue weighted by molar-refractivity contribution is -0.742. The van der Waals surface area contributed by atoms with Crippen LogP contribution in [0, 0.1) is 6.92 Å². The van der Waals surface area contributed by atoms with E-state index in [-0.39, 0.29) is 5.69 Å². The molecule has 6 heteroatoms. The maximum absolute atomic E-state index is 11.8. The molecule has 1 heterocycles. The molecule has 2 rings (SSSR count). The molecule has 0 amide bonds. The first-order chi connectivity index (χ1) is 8.08. The van der Waals surface area contributed by atoms with Gasteiger partial charge in [-0.3, -0.25) is 9.52 Å². The number of aryl methyl sites for hydroxylation is 2. The van der Waals surface area contributed by atoms with Crippen LogP contribution in [0.15, 0.2) is 38.6 Å². The fourth-order valence-electron chi connectivity index (χ4n) is 1.44. The van der Waals surface area contributed by atoms with Gasteiger partial charge >= 0.3 is 11.3 Å². The molecule has 0 atom stereocenters. The number of hydrogen-bond acceptors (Lipinski definition) is 4. The highest BCUT2D eigenvalue weighted by molar-refractivity contribution is 5.88. The second kappa shape index (κ2) is 4.25. The second-order valence-corrected chi connectivity index (χ2v) is 3.64.